The molecule has 0 fully saturated rings. The number of anilines is 1. The largest absolute Gasteiger partial charge is 0.497 e. The zero-order valence-electron chi connectivity index (χ0n) is 15.7. The predicted octanol–water partition coefficient (Wildman–Crippen LogP) is 2.96. The summed E-state index contributed by atoms with van der Waals surface area (Å²) in [6, 6.07) is 13.2. The second kappa shape index (κ2) is 9.68. The Balaban J connectivity index is 1.79. The number of nitrogens with one attached hydrogen (secondary N) is 1. The maximum Gasteiger partial charge on any atom is 0.238 e. The number of benzene rings is 2. The van der Waals surface area contributed by atoms with Crippen molar-refractivity contribution >= 4 is 11.6 Å². The molecule has 0 saturated heterocycles. The molecule has 2 aromatic rings. The molecule has 6 nitrogen and oxygen atoms in total. The third kappa shape index (κ3) is 5.97. The minimum Gasteiger partial charge on any atom is -0.497 e. The van der Waals surface area contributed by atoms with E-state index in [1.807, 2.05) is 43.1 Å². The molecule has 6 heteroatoms. The van der Waals surface area contributed by atoms with Crippen LogP contribution in [-0.2, 0) is 4.79 Å². The Bertz CT molecular complexity index is 716. The summed E-state index contributed by atoms with van der Waals surface area (Å²) in [4.78, 5) is 14.1. The number of carbonyl (C=O) groups is 1. The number of carbonyl (C=O) groups excluding carboxylic acids is 1. The van der Waals surface area contributed by atoms with Gasteiger partial charge in [-0.25, -0.2) is 0 Å². The highest BCUT2D eigenvalue weighted by atomic mass is 16.5. The monoisotopic (exact) mass is 358 g/mol. The van der Waals surface area contributed by atoms with Crippen molar-refractivity contribution in [3.8, 4) is 17.2 Å². The molecule has 0 aliphatic heterocycles. The van der Waals surface area contributed by atoms with Crippen LogP contribution in [0.25, 0.3) is 0 Å². The van der Waals surface area contributed by atoms with Crippen molar-refractivity contribution < 1.29 is 19.0 Å². The Morgan fingerprint density at radius 1 is 1.04 bits per heavy atom. The van der Waals surface area contributed by atoms with Crippen LogP contribution in [0.2, 0.25) is 0 Å². The van der Waals surface area contributed by atoms with Crippen LogP contribution in [0.1, 0.15) is 5.56 Å². The number of amides is 1. The summed E-state index contributed by atoms with van der Waals surface area (Å²) in [5, 5.41) is 2.86. The molecule has 0 aliphatic rings. The molecule has 0 unspecified atom stereocenters. The van der Waals surface area contributed by atoms with Crippen LogP contribution >= 0.6 is 0 Å². The van der Waals surface area contributed by atoms with Crippen molar-refractivity contribution in [1.29, 1.82) is 0 Å². The number of nitrogens with zero attached hydrogens (tertiary/aromatic N) is 1. The van der Waals surface area contributed by atoms with E-state index < -0.39 is 0 Å². The number of ether oxygens (including phenoxy) is 3. The van der Waals surface area contributed by atoms with E-state index in [-0.39, 0.29) is 12.5 Å². The normalized spacial score (nSPS) is 10.5. The first-order valence-corrected chi connectivity index (χ1v) is 8.41. The van der Waals surface area contributed by atoms with Gasteiger partial charge in [0.1, 0.15) is 23.9 Å². The van der Waals surface area contributed by atoms with Gasteiger partial charge in [-0.15, -0.1) is 0 Å². The maximum absolute atomic E-state index is 12.2. The van der Waals surface area contributed by atoms with Crippen LogP contribution in [0.3, 0.4) is 0 Å². The van der Waals surface area contributed by atoms with Crippen molar-refractivity contribution in [3.05, 3.63) is 48.0 Å². The molecule has 0 aromatic heterocycles. The quantitative estimate of drug-likeness (QED) is 0.747. The van der Waals surface area contributed by atoms with Gasteiger partial charge in [-0.1, -0.05) is 17.7 Å². The number of rotatable bonds is 9. The van der Waals surface area contributed by atoms with E-state index in [9.17, 15) is 4.79 Å². The predicted molar refractivity (Wildman–Crippen MR) is 102 cm³/mol. The lowest BCUT2D eigenvalue weighted by molar-refractivity contribution is -0.117. The highest BCUT2D eigenvalue weighted by Gasteiger charge is 2.11. The Hall–Kier alpha value is -2.73. The number of methoxy groups -OCH3 is 2. The van der Waals surface area contributed by atoms with Gasteiger partial charge >= 0.3 is 0 Å². The molecule has 2 aromatic carbocycles. The molecule has 0 atom stereocenters. The molecule has 0 heterocycles. The minimum absolute atomic E-state index is 0.119. The second-order valence-corrected chi connectivity index (χ2v) is 6.01. The Kier molecular flexibility index (Phi) is 7.29. The molecule has 0 saturated carbocycles. The fourth-order valence-electron chi connectivity index (χ4n) is 2.37. The van der Waals surface area contributed by atoms with Crippen LogP contribution in [-0.4, -0.2) is 51.8 Å². The van der Waals surface area contributed by atoms with Crippen molar-refractivity contribution in [1.82, 2.24) is 4.90 Å². The lowest BCUT2D eigenvalue weighted by Crippen LogP contribution is -2.33. The second-order valence-electron chi connectivity index (χ2n) is 6.01. The fraction of sp³-hybridized carbons (Fsp3) is 0.350. The van der Waals surface area contributed by atoms with E-state index in [0.717, 1.165) is 5.75 Å². The SMILES string of the molecule is COc1ccc(NC(=O)CN(C)CCOc2ccc(C)cc2)c(OC)c1. The van der Waals surface area contributed by atoms with E-state index >= 15 is 0 Å². The maximum atomic E-state index is 12.2. The molecule has 0 radical (unpaired) electrons. The fourth-order valence-corrected chi connectivity index (χ4v) is 2.37. The van der Waals surface area contributed by atoms with Gasteiger partial charge in [0.25, 0.3) is 0 Å². The van der Waals surface area contributed by atoms with Gasteiger partial charge in [-0.3, -0.25) is 9.69 Å². The first-order chi connectivity index (χ1) is 12.5. The van der Waals surface area contributed by atoms with Crippen LogP contribution in [0.15, 0.2) is 42.5 Å². The standard InChI is InChI=1S/C20H26N2O4/c1-15-5-7-16(8-6-15)26-12-11-22(2)14-20(23)21-18-10-9-17(24-3)13-19(18)25-4/h5-10,13H,11-12,14H2,1-4H3,(H,21,23). The third-order valence-corrected chi connectivity index (χ3v) is 3.86. The van der Waals surface area contributed by atoms with Crippen molar-refractivity contribution in [2.24, 2.45) is 0 Å². The first-order valence-electron chi connectivity index (χ1n) is 8.41. The lowest BCUT2D eigenvalue weighted by atomic mass is 10.2. The number of likely N-dealkylation sites (N-methyl/N-ethyl adjacent to an activating group) is 1. The van der Waals surface area contributed by atoms with E-state index in [1.54, 1.807) is 32.4 Å². The molecule has 1 amide bonds. The summed E-state index contributed by atoms with van der Waals surface area (Å²) in [5.41, 5.74) is 1.81. The molecule has 0 bridgehead atoms. The van der Waals surface area contributed by atoms with Crippen molar-refractivity contribution in [2.75, 3.05) is 46.3 Å². The highest BCUT2D eigenvalue weighted by Crippen LogP contribution is 2.28. The van der Waals surface area contributed by atoms with E-state index in [0.29, 0.717) is 30.3 Å². The van der Waals surface area contributed by atoms with Crippen molar-refractivity contribution in [2.45, 2.75) is 6.92 Å². The van der Waals surface area contributed by atoms with Gasteiger partial charge in [-0.2, -0.15) is 0 Å². The van der Waals surface area contributed by atoms with Gasteiger partial charge in [0, 0.05) is 12.6 Å². The number of aryl methyl sites for hydroxylation is 1. The summed E-state index contributed by atoms with van der Waals surface area (Å²) in [7, 11) is 5.02. The topological polar surface area (TPSA) is 60.0 Å². The molecular formula is C20H26N2O4. The highest BCUT2D eigenvalue weighted by molar-refractivity contribution is 5.93. The zero-order chi connectivity index (χ0) is 18.9. The molecule has 26 heavy (non-hydrogen) atoms. The van der Waals surface area contributed by atoms with E-state index in [1.165, 1.54) is 5.56 Å². The lowest BCUT2D eigenvalue weighted by Gasteiger charge is -2.17. The van der Waals surface area contributed by atoms with E-state index in [2.05, 4.69) is 5.32 Å². The molecule has 1 N–H and O–H groups in total. The van der Waals surface area contributed by atoms with Gasteiger partial charge in [0.05, 0.1) is 26.5 Å². The molecule has 140 valence electrons. The van der Waals surface area contributed by atoms with Gasteiger partial charge in [0.2, 0.25) is 5.91 Å². The van der Waals surface area contributed by atoms with Crippen LogP contribution in [0.4, 0.5) is 5.69 Å². The van der Waals surface area contributed by atoms with Crippen LogP contribution in [0, 0.1) is 6.92 Å². The Labute approximate surface area is 154 Å². The smallest absolute Gasteiger partial charge is 0.238 e. The summed E-state index contributed by atoms with van der Waals surface area (Å²) >= 11 is 0. The van der Waals surface area contributed by atoms with E-state index in [4.69, 9.17) is 14.2 Å². The molecular weight excluding hydrogens is 332 g/mol. The van der Waals surface area contributed by atoms with Crippen LogP contribution < -0.4 is 19.5 Å². The average Bonchev–Trinajstić information content (AvgIpc) is 2.63. The number of hydrogen-bond acceptors (Lipinski definition) is 5. The average molecular weight is 358 g/mol. The summed E-state index contributed by atoms with van der Waals surface area (Å²) < 4.78 is 16.1. The summed E-state index contributed by atoms with van der Waals surface area (Å²) in [6.45, 7) is 3.44. The van der Waals surface area contributed by atoms with Gasteiger partial charge in [-0.05, 0) is 38.2 Å². The zero-order valence-corrected chi connectivity index (χ0v) is 15.7. The first kappa shape index (κ1) is 19.6. The Morgan fingerprint density at radius 2 is 1.73 bits per heavy atom. The van der Waals surface area contributed by atoms with Crippen LogP contribution in [0.5, 0.6) is 17.2 Å². The number of hydrogen-bond donors (Lipinski definition) is 1. The van der Waals surface area contributed by atoms with Gasteiger partial charge < -0.3 is 19.5 Å². The Morgan fingerprint density at radius 3 is 2.38 bits per heavy atom. The molecule has 2 rings (SSSR count). The van der Waals surface area contributed by atoms with Gasteiger partial charge in [0.15, 0.2) is 0 Å². The molecule has 0 spiro atoms. The van der Waals surface area contributed by atoms with Crippen molar-refractivity contribution in [3.63, 3.8) is 0 Å². The summed E-state index contributed by atoms with van der Waals surface area (Å²) in [6.07, 6.45) is 0. The molecule has 0 aliphatic carbocycles. The summed E-state index contributed by atoms with van der Waals surface area (Å²) in [5.74, 6) is 1.94. The third-order valence-electron chi connectivity index (χ3n) is 3.86. The minimum atomic E-state index is -0.119.